The van der Waals surface area contributed by atoms with E-state index in [4.69, 9.17) is 0 Å². The first-order valence-corrected chi connectivity index (χ1v) is 8.11. The van der Waals surface area contributed by atoms with Gasteiger partial charge >= 0.3 is 5.97 Å². The second kappa shape index (κ2) is 11.7. The summed E-state index contributed by atoms with van der Waals surface area (Å²) in [6.45, 7) is 6.80. The molecule has 3 N–H and O–H groups in total. The van der Waals surface area contributed by atoms with Crippen LogP contribution in [-0.4, -0.2) is 50.6 Å². The molecule has 7 heteroatoms. The predicted octanol–water partition coefficient (Wildman–Crippen LogP) is 1.19. The molecule has 23 heavy (non-hydrogen) atoms. The smallest absolute Gasteiger partial charge is 0.305 e. The quantitative estimate of drug-likeness (QED) is 0.256. The number of nitrogens with one attached hydrogen (secondary N) is 3. The van der Waals surface area contributed by atoms with Crippen molar-refractivity contribution in [3.8, 4) is 0 Å². The lowest BCUT2D eigenvalue weighted by Gasteiger charge is -2.21. The van der Waals surface area contributed by atoms with E-state index in [-0.39, 0.29) is 24.0 Å². The minimum atomic E-state index is -0.236. The van der Waals surface area contributed by atoms with E-state index in [2.05, 4.69) is 25.7 Å². The van der Waals surface area contributed by atoms with Crippen LogP contribution in [-0.2, 0) is 14.3 Å². The highest BCUT2D eigenvalue weighted by Gasteiger charge is 2.13. The summed E-state index contributed by atoms with van der Waals surface area (Å²) < 4.78 is 4.59. The summed E-state index contributed by atoms with van der Waals surface area (Å²) in [7, 11) is 3.08. The number of amides is 1. The zero-order valence-electron chi connectivity index (χ0n) is 15.1. The fourth-order valence-corrected chi connectivity index (χ4v) is 1.90. The Kier molecular flexibility index (Phi) is 10.8. The van der Waals surface area contributed by atoms with E-state index < -0.39 is 0 Å². The van der Waals surface area contributed by atoms with Gasteiger partial charge in [0.25, 0.3) is 0 Å². The van der Waals surface area contributed by atoms with Gasteiger partial charge in [0, 0.05) is 25.6 Å². The Morgan fingerprint density at radius 3 is 2.26 bits per heavy atom. The van der Waals surface area contributed by atoms with Crippen LogP contribution in [0.15, 0.2) is 4.99 Å². The number of methoxy groups -OCH3 is 1. The molecule has 1 amide bonds. The van der Waals surface area contributed by atoms with E-state index in [0.29, 0.717) is 12.4 Å². The third kappa shape index (κ3) is 13.6. The van der Waals surface area contributed by atoms with E-state index in [1.54, 1.807) is 7.05 Å². The number of nitrogens with zero attached hydrogens (tertiary/aromatic N) is 1. The largest absolute Gasteiger partial charge is 0.469 e. The lowest BCUT2D eigenvalue weighted by Crippen LogP contribution is -2.48. The molecule has 0 radical (unpaired) electrons. The van der Waals surface area contributed by atoms with Crippen LogP contribution in [0.1, 0.15) is 52.9 Å². The van der Waals surface area contributed by atoms with Crippen LogP contribution in [0.5, 0.6) is 0 Å². The molecule has 0 aromatic rings. The van der Waals surface area contributed by atoms with Gasteiger partial charge in [0.15, 0.2) is 5.96 Å². The second-order valence-electron chi connectivity index (χ2n) is 6.39. The van der Waals surface area contributed by atoms with Crippen molar-refractivity contribution in [3.05, 3.63) is 0 Å². The number of guanidine groups is 1. The van der Waals surface area contributed by atoms with Gasteiger partial charge in [-0.25, -0.2) is 0 Å². The summed E-state index contributed by atoms with van der Waals surface area (Å²) >= 11 is 0. The molecular weight excluding hydrogens is 296 g/mol. The fraction of sp³-hybridized carbons (Fsp3) is 0.812. The van der Waals surface area contributed by atoms with Gasteiger partial charge in [0.2, 0.25) is 5.91 Å². The normalized spacial score (nSPS) is 11.8. The first-order valence-electron chi connectivity index (χ1n) is 8.11. The van der Waals surface area contributed by atoms with Gasteiger partial charge in [-0.2, -0.15) is 0 Å². The Morgan fingerprint density at radius 2 is 1.70 bits per heavy atom. The van der Waals surface area contributed by atoms with Gasteiger partial charge in [-0.1, -0.05) is 12.8 Å². The van der Waals surface area contributed by atoms with Crippen LogP contribution in [0.2, 0.25) is 0 Å². The number of unbranched alkanes of at least 4 members (excludes halogenated alkanes) is 3. The van der Waals surface area contributed by atoms with Crippen LogP contribution in [0.25, 0.3) is 0 Å². The van der Waals surface area contributed by atoms with Gasteiger partial charge < -0.3 is 20.7 Å². The number of hydrogen-bond donors (Lipinski definition) is 3. The molecule has 0 aromatic heterocycles. The molecule has 0 rings (SSSR count). The Hall–Kier alpha value is -1.79. The van der Waals surface area contributed by atoms with Crippen LogP contribution >= 0.6 is 0 Å². The predicted molar refractivity (Wildman–Crippen MR) is 92.4 cm³/mol. The number of ether oxygens (including phenoxy) is 1. The number of carbonyl (C=O) groups is 2. The Bertz CT molecular complexity index is 389. The fourth-order valence-electron chi connectivity index (χ4n) is 1.90. The third-order valence-electron chi connectivity index (χ3n) is 2.98. The molecule has 0 spiro atoms. The maximum atomic E-state index is 11.7. The Labute approximate surface area is 139 Å². The van der Waals surface area contributed by atoms with Crippen molar-refractivity contribution >= 4 is 17.8 Å². The second-order valence-corrected chi connectivity index (χ2v) is 6.39. The number of rotatable bonds is 9. The maximum Gasteiger partial charge on any atom is 0.305 e. The summed E-state index contributed by atoms with van der Waals surface area (Å²) in [5.74, 6) is 0.396. The van der Waals surface area contributed by atoms with E-state index in [0.717, 1.165) is 32.2 Å². The first-order chi connectivity index (χ1) is 10.8. The third-order valence-corrected chi connectivity index (χ3v) is 2.98. The van der Waals surface area contributed by atoms with E-state index in [9.17, 15) is 9.59 Å². The van der Waals surface area contributed by atoms with E-state index in [1.165, 1.54) is 7.11 Å². The van der Waals surface area contributed by atoms with Crippen LogP contribution in [0.3, 0.4) is 0 Å². The maximum absolute atomic E-state index is 11.7. The highest BCUT2D eigenvalue weighted by molar-refractivity contribution is 5.86. The van der Waals surface area contributed by atoms with Gasteiger partial charge in [-0.15, -0.1) is 0 Å². The molecule has 0 saturated carbocycles. The van der Waals surface area contributed by atoms with Crippen molar-refractivity contribution in [2.45, 2.75) is 58.4 Å². The van der Waals surface area contributed by atoms with Crippen molar-refractivity contribution in [2.24, 2.45) is 4.99 Å². The number of hydrogen-bond acceptors (Lipinski definition) is 4. The highest BCUT2D eigenvalue weighted by Crippen LogP contribution is 2.03. The highest BCUT2D eigenvalue weighted by atomic mass is 16.5. The summed E-state index contributed by atoms with van der Waals surface area (Å²) in [6, 6.07) is 0. The molecule has 0 saturated heterocycles. The Balaban J connectivity index is 3.71. The van der Waals surface area contributed by atoms with Crippen LogP contribution in [0.4, 0.5) is 0 Å². The molecule has 0 unspecified atom stereocenters. The summed E-state index contributed by atoms with van der Waals surface area (Å²) in [6.07, 6.45) is 4.35. The number of carbonyl (C=O) groups excluding carboxylic acids is 2. The average molecular weight is 328 g/mol. The summed E-state index contributed by atoms with van der Waals surface area (Å²) in [5.41, 5.74) is -0.236. The monoisotopic (exact) mass is 328 g/mol. The molecule has 0 fully saturated rings. The van der Waals surface area contributed by atoms with Gasteiger partial charge in [0.1, 0.15) is 0 Å². The minimum Gasteiger partial charge on any atom is -0.469 e. The topological polar surface area (TPSA) is 91.8 Å². The zero-order chi connectivity index (χ0) is 17.7. The van der Waals surface area contributed by atoms with Crippen LogP contribution < -0.4 is 16.0 Å². The number of aliphatic imine (C=N–C) groups is 1. The molecule has 134 valence electrons. The molecule has 0 bridgehead atoms. The molecule has 7 nitrogen and oxygen atoms in total. The van der Waals surface area contributed by atoms with Crippen molar-refractivity contribution in [2.75, 3.05) is 27.2 Å². The standard InChI is InChI=1S/C16H32N4O3/c1-16(2,3)20-13(21)12-19-15(17-4)18-11-9-7-6-8-10-14(22)23-5/h6-12H2,1-5H3,(H,20,21)(H2,17,18,19). The molecular formula is C16H32N4O3. The van der Waals surface area contributed by atoms with Crippen LogP contribution in [0, 0.1) is 0 Å². The van der Waals surface area contributed by atoms with Gasteiger partial charge in [-0.05, 0) is 33.6 Å². The number of esters is 1. The summed E-state index contributed by atoms with van der Waals surface area (Å²) in [4.78, 5) is 26.7. The lowest BCUT2D eigenvalue weighted by atomic mass is 10.1. The van der Waals surface area contributed by atoms with Crippen molar-refractivity contribution in [1.29, 1.82) is 0 Å². The van der Waals surface area contributed by atoms with E-state index >= 15 is 0 Å². The van der Waals surface area contributed by atoms with E-state index in [1.807, 2.05) is 20.8 Å². The van der Waals surface area contributed by atoms with Crippen molar-refractivity contribution in [1.82, 2.24) is 16.0 Å². The lowest BCUT2D eigenvalue weighted by molar-refractivity contribution is -0.140. The molecule has 0 aliphatic rings. The summed E-state index contributed by atoms with van der Waals surface area (Å²) in [5, 5.41) is 9.03. The van der Waals surface area contributed by atoms with Gasteiger partial charge in [0.05, 0.1) is 13.7 Å². The SMILES string of the molecule is CN=C(NCCCCCCC(=O)OC)NCC(=O)NC(C)(C)C. The van der Waals surface area contributed by atoms with Gasteiger partial charge in [-0.3, -0.25) is 14.6 Å². The molecule has 0 atom stereocenters. The van der Waals surface area contributed by atoms with Crippen molar-refractivity contribution < 1.29 is 14.3 Å². The minimum absolute atomic E-state index is 0.0664. The zero-order valence-corrected chi connectivity index (χ0v) is 15.1. The van der Waals surface area contributed by atoms with Crippen molar-refractivity contribution in [3.63, 3.8) is 0 Å². The molecule has 0 aromatic carbocycles. The average Bonchev–Trinajstić information content (AvgIpc) is 2.47. The Morgan fingerprint density at radius 1 is 1.04 bits per heavy atom. The molecule has 0 aliphatic heterocycles. The first kappa shape index (κ1) is 21.2. The molecule has 0 heterocycles. The molecule has 0 aliphatic carbocycles.